The molecule has 0 bridgehead atoms. The number of esters is 1. The smallest absolute Gasteiger partial charge is 0.331 e. The Hall–Kier alpha value is -2.22. The van der Waals surface area contributed by atoms with Crippen LogP contribution in [0.4, 0.5) is 0 Å². The van der Waals surface area contributed by atoms with Gasteiger partial charge in [-0.05, 0) is 30.7 Å². The van der Waals surface area contributed by atoms with E-state index in [-0.39, 0.29) is 5.97 Å². The zero-order chi connectivity index (χ0) is 15.8. The molecule has 0 amide bonds. The molecular formula is C19H18O2S. The second-order valence-electron chi connectivity index (χ2n) is 4.59. The summed E-state index contributed by atoms with van der Waals surface area (Å²) in [5, 5.41) is 0. The summed E-state index contributed by atoms with van der Waals surface area (Å²) in [6.07, 6.45) is 1.68. The first-order valence-corrected chi connectivity index (χ1v) is 7.88. The largest absolute Gasteiger partial charge is 0.464 e. The van der Waals surface area contributed by atoms with Gasteiger partial charge in [0.25, 0.3) is 0 Å². The van der Waals surface area contributed by atoms with E-state index < -0.39 is 4.75 Å². The van der Waals surface area contributed by atoms with Gasteiger partial charge in [-0.3, -0.25) is 0 Å². The standard InChI is InChI=1S/C19H18O2S/c1-3-15-19(18(20)21-4-2,16-11-7-5-8-12-16)22-17-13-9-6-10-14-17/h5-15H,1,4H2,2H3. The molecule has 22 heavy (non-hydrogen) atoms. The van der Waals surface area contributed by atoms with Gasteiger partial charge in [0.05, 0.1) is 6.61 Å². The topological polar surface area (TPSA) is 26.3 Å². The minimum Gasteiger partial charge on any atom is -0.464 e. The van der Waals surface area contributed by atoms with E-state index in [1.165, 1.54) is 11.8 Å². The highest BCUT2D eigenvalue weighted by Gasteiger charge is 2.40. The lowest BCUT2D eigenvalue weighted by molar-refractivity contribution is -0.144. The van der Waals surface area contributed by atoms with Crippen LogP contribution in [0.25, 0.3) is 0 Å². The SMILES string of the molecule is C=C=CC(Sc1ccccc1)(C(=O)OCC)c1ccccc1. The molecule has 0 spiro atoms. The summed E-state index contributed by atoms with van der Waals surface area (Å²) in [7, 11) is 0. The van der Waals surface area contributed by atoms with Gasteiger partial charge in [-0.1, -0.05) is 66.9 Å². The Morgan fingerprint density at radius 3 is 2.32 bits per heavy atom. The molecule has 0 aliphatic heterocycles. The Morgan fingerprint density at radius 2 is 1.77 bits per heavy atom. The summed E-state index contributed by atoms with van der Waals surface area (Å²) in [6, 6.07) is 19.4. The summed E-state index contributed by atoms with van der Waals surface area (Å²) in [5.74, 6) is -0.314. The Morgan fingerprint density at radius 1 is 1.18 bits per heavy atom. The minimum atomic E-state index is -0.986. The Kier molecular flexibility index (Phi) is 5.65. The fourth-order valence-corrected chi connectivity index (χ4v) is 3.34. The molecule has 0 saturated heterocycles. The minimum absolute atomic E-state index is 0.314. The third kappa shape index (κ3) is 3.51. The van der Waals surface area contributed by atoms with Gasteiger partial charge in [-0.25, -0.2) is 4.79 Å². The van der Waals surface area contributed by atoms with E-state index in [0.717, 1.165) is 10.5 Å². The molecule has 2 aromatic rings. The molecule has 0 fully saturated rings. The summed E-state index contributed by atoms with van der Waals surface area (Å²) >= 11 is 1.43. The van der Waals surface area contributed by atoms with E-state index in [4.69, 9.17) is 4.74 Å². The van der Waals surface area contributed by atoms with Crippen LogP contribution in [0.2, 0.25) is 0 Å². The lowest BCUT2D eigenvalue weighted by atomic mass is 9.98. The van der Waals surface area contributed by atoms with E-state index in [9.17, 15) is 4.79 Å². The highest BCUT2D eigenvalue weighted by Crippen LogP contribution is 2.43. The fourth-order valence-electron chi connectivity index (χ4n) is 2.13. The first-order chi connectivity index (χ1) is 10.7. The second-order valence-corrected chi connectivity index (χ2v) is 5.91. The number of thioether (sulfide) groups is 1. The number of hydrogen-bond donors (Lipinski definition) is 0. The lowest BCUT2D eigenvalue weighted by Crippen LogP contribution is -2.32. The van der Waals surface area contributed by atoms with Crippen molar-refractivity contribution >= 4 is 17.7 Å². The number of benzene rings is 2. The van der Waals surface area contributed by atoms with Crippen LogP contribution in [0, 0.1) is 0 Å². The van der Waals surface area contributed by atoms with Crippen molar-refractivity contribution in [1.29, 1.82) is 0 Å². The van der Waals surface area contributed by atoms with E-state index >= 15 is 0 Å². The highest BCUT2D eigenvalue weighted by atomic mass is 32.2. The van der Waals surface area contributed by atoms with Crippen molar-refractivity contribution in [3.8, 4) is 0 Å². The number of ether oxygens (including phenoxy) is 1. The molecule has 0 aliphatic rings. The predicted molar refractivity (Wildman–Crippen MR) is 90.8 cm³/mol. The Balaban J connectivity index is 2.55. The van der Waals surface area contributed by atoms with Crippen LogP contribution in [0.1, 0.15) is 12.5 Å². The van der Waals surface area contributed by atoms with Crippen molar-refractivity contribution in [2.45, 2.75) is 16.6 Å². The highest BCUT2D eigenvalue weighted by molar-refractivity contribution is 8.01. The number of hydrogen-bond acceptors (Lipinski definition) is 3. The molecule has 0 aliphatic carbocycles. The normalized spacial score (nSPS) is 12.8. The third-order valence-electron chi connectivity index (χ3n) is 3.11. The number of rotatable bonds is 6. The zero-order valence-corrected chi connectivity index (χ0v) is 13.3. The maximum Gasteiger partial charge on any atom is 0.331 e. The van der Waals surface area contributed by atoms with Crippen molar-refractivity contribution in [3.63, 3.8) is 0 Å². The van der Waals surface area contributed by atoms with E-state index in [1.807, 2.05) is 60.7 Å². The molecule has 0 aromatic heterocycles. The molecule has 1 atom stereocenters. The molecule has 1 unspecified atom stereocenters. The maximum absolute atomic E-state index is 12.7. The maximum atomic E-state index is 12.7. The Labute approximate surface area is 135 Å². The molecular weight excluding hydrogens is 292 g/mol. The molecule has 0 radical (unpaired) electrons. The predicted octanol–water partition coefficient (Wildman–Crippen LogP) is 4.58. The molecule has 0 heterocycles. The molecule has 112 valence electrons. The van der Waals surface area contributed by atoms with E-state index in [0.29, 0.717) is 6.61 Å². The zero-order valence-electron chi connectivity index (χ0n) is 12.5. The van der Waals surface area contributed by atoms with E-state index in [2.05, 4.69) is 12.3 Å². The van der Waals surface area contributed by atoms with E-state index in [1.54, 1.807) is 13.0 Å². The van der Waals surface area contributed by atoms with Crippen LogP contribution in [0.3, 0.4) is 0 Å². The summed E-state index contributed by atoms with van der Waals surface area (Å²) in [4.78, 5) is 13.7. The van der Waals surface area contributed by atoms with Crippen LogP contribution in [-0.4, -0.2) is 12.6 Å². The number of carbonyl (C=O) groups excluding carboxylic acids is 1. The quantitative estimate of drug-likeness (QED) is 0.444. The van der Waals surface area contributed by atoms with Gasteiger partial charge in [0.15, 0.2) is 4.75 Å². The first kappa shape index (κ1) is 16.2. The second kappa shape index (κ2) is 7.69. The van der Waals surface area contributed by atoms with Crippen molar-refractivity contribution in [2.75, 3.05) is 6.61 Å². The van der Waals surface area contributed by atoms with Crippen LogP contribution in [0.5, 0.6) is 0 Å². The van der Waals surface area contributed by atoms with Crippen LogP contribution < -0.4 is 0 Å². The summed E-state index contributed by atoms with van der Waals surface area (Å²) in [5.41, 5.74) is 3.62. The molecule has 2 aromatic carbocycles. The van der Waals surface area contributed by atoms with Gasteiger partial charge in [0.1, 0.15) is 0 Å². The van der Waals surface area contributed by atoms with Gasteiger partial charge in [-0.15, -0.1) is 5.73 Å². The monoisotopic (exact) mass is 310 g/mol. The lowest BCUT2D eigenvalue weighted by Gasteiger charge is -2.27. The third-order valence-corrected chi connectivity index (χ3v) is 4.46. The van der Waals surface area contributed by atoms with Crippen LogP contribution in [0.15, 0.2) is 83.9 Å². The van der Waals surface area contributed by atoms with Gasteiger partial charge < -0.3 is 4.74 Å². The van der Waals surface area contributed by atoms with Crippen molar-refractivity contribution in [2.24, 2.45) is 0 Å². The average molecular weight is 310 g/mol. The first-order valence-electron chi connectivity index (χ1n) is 7.06. The van der Waals surface area contributed by atoms with Gasteiger partial charge in [0, 0.05) is 4.90 Å². The van der Waals surface area contributed by atoms with Crippen LogP contribution in [-0.2, 0) is 14.3 Å². The van der Waals surface area contributed by atoms with Gasteiger partial charge >= 0.3 is 5.97 Å². The molecule has 2 rings (SSSR count). The van der Waals surface area contributed by atoms with Crippen molar-refractivity contribution in [3.05, 3.63) is 84.6 Å². The van der Waals surface area contributed by atoms with Gasteiger partial charge in [-0.2, -0.15) is 0 Å². The fraction of sp³-hybridized carbons (Fsp3) is 0.158. The van der Waals surface area contributed by atoms with Crippen LogP contribution >= 0.6 is 11.8 Å². The van der Waals surface area contributed by atoms with Gasteiger partial charge in [0.2, 0.25) is 0 Å². The van der Waals surface area contributed by atoms with Crippen molar-refractivity contribution in [1.82, 2.24) is 0 Å². The summed E-state index contributed by atoms with van der Waals surface area (Å²) < 4.78 is 4.34. The average Bonchev–Trinajstić information content (AvgIpc) is 2.56. The molecule has 3 heteroatoms. The molecule has 0 N–H and O–H groups in total. The van der Waals surface area contributed by atoms with Crippen molar-refractivity contribution < 1.29 is 9.53 Å². The molecule has 2 nitrogen and oxygen atoms in total. The number of carbonyl (C=O) groups is 1. The summed E-state index contributed by atoms with van der Waals surface area (Å²) in [6.45, 7) is 5.78. The molecule has 0 saturated carbocycles. The Bertz CT molecular complexity index is 660.